The third-order valence-corrected chi connectivity index (χ3v) is 5.07. The van der Waals surface area contributed by atoms with Crippen LogP contribution >= 0.6 is 0 Å². The van der Waals surface area contributed by atoms with E-state index in [1.54, 1.807) is 6.07 Å². The minimum atomic E-state index is -5.28. The van der Waals surface area contributed by atoms with Crippen molar-refractivity contribution in [1.29, 1.82) is 0 Å². The van der Waals surface area contributed by atoms with E-state index in [1.165, 1.54) is 48.6 Å². The Morgan fingerprint density at radius 2 is 1.50 bits per heavy atom. The molecule has 0 aliphatic heterocycles. The van der Waals surface area contributed by atoms with Crippen molar-refractivity contribution in [3.8, 4) is 11.5 Å². The summed E-state index contributed by atoms with van der Waals surface area (Å²) in [6.45, 7) is 7.16. The number of ether oxygens (including phenoxy) is 2. The molecule has 0 heterocycles. The van der Waals surface area contributed by atoms with E-state index < -0.39 is 42.4 Å². The molecule has 10 heteroatoms. The lowest BCUT2D eigenvalue weighted by atomic mass is 9.89. The first-order valence-corrected chi connectivity index (χ1v) is 10.3. The lowest BCUT2D eigenvalue weighted by Gasteiger charge is -2.21. The molecular formula is C26H18F6O4. The number of carbonyl (C=O) groups excluding carboxylic acids is 2. The Morgan fingerprint density at radius 3 is 2.11 bits per heavy atom. The van der Waals surface area contributed by atoms with Gasteiger partial charge in [0.25, 0.3) is 0 Å². The van der Waals surface area contributed by atoms with Crippen molar-refractivity contribution >= 4 is 34.9 Å². The normalized spacial score (nSPS) is 12.6. The predicted octanol–water partition coefficient (Wildman–Crippen LogP) is 7.24. The number of halogens is 6. The zero-order valence-corrected chi connectivity index (χ0v) is 18.5. The molecule has 1 unspecified atom stereocenters. The zero-order valence-electron chi connectivity index (χ0n) is 18.5. The minimum Gasteiger partial charge on any atom is -0.426 e. The van der Waals surface area contributed by atoms with Crippen molar-refractivity contribution in [3.05, 3.63) is 84.4 Å². The summed E-state index contributed by atoms with van der Waals surface area (Å²) in [7, 11) is 0. The van der Waals surface area contributed by atoms with Gasteiger partial charge < -0.3 is 9.47 Å². The van der Waals surface area contributed by atoms with Crippen LogP contribution in [0.1, 0.15) is 29.0 Å². The first-order chi connectivity index (χ1) is 16.8. The SMILES string of the molecule is C=Cc1cccc(OC(=O)C(CC(F)(F)F)c2cc(C=C)cc3ccc(OC(=O)C(F)(F)F)cc23)c1. The fourth-order valence-electron chi connectivity index (χ4n) is 3.47. The van der Waals surface area contributed by atoms with Crippen molar-refractivity contribution < 1.29 is 45.4 Å². The largest absolute Gasteiger partial charge is 0.491 e. The standard InChI is InChI=1S/C26H18F6O4/c1-3-15-6-5-7-18(11-15)35-23(33)22(14-25(27,28)29)21-12-16(4-2)10-17-8-9-19(13-20(17)21)36-24(34)26(30,31)32/h3-13,22H,1-2,14H2. The third-order valence-electron chi connectivity index (χ3n) is 5.07. The second kappa shape index (κ2) is 10.3. The monoisotopic (exact) mass is 508 g/mol. The number of benzene rings is 3. The van der Waals surface area contributed by atoms with E-state index in [4.69, 9.17) is 4.74 Å². The summed E-state index contributed by atoms with van der Waals surface area (Å²) in [5, 5.41) is 0.252. The van der Waals surface area contributed by atoms with Gasteiger partial charge in [0, 0.05) is 0 Å². The highest BCUT2D eigenvalue weighted by Crippen LogP contribution is 2.38. The first kappa shape index (κ1) is 26.5. The van der Waals surface area contributed by atoms with Crippen LogP contribution in [0.15, 0.2) is 67.8 Å². The fourth-order valence-corrected chi connectivity index (χ4v) is 3.47. The number of alkyl halides is 6. The Labute approximate surface area is 201 Å². The van der Waals surface area contributed by atoms with Crippen molar-refractivity contribution in [2.24, 2.45) is 0 Å². The summed E-state index contributed by atoms with van der Waals surface area (Å²) in [5.74, 6) is -6.22. The van der Waals surface area contributed by atoms with Gasteiger partial charge in [0.15, 0.2) is 0 Å². The topological polar surface area (TPSA) is 52.6 Å². The van der Waals surface area contributed by atoms with Crippen molar-refractivity contribution in [1.82, 2.24) is 0 Å². The molecule has 0 aliphatic rings. The number of hydrogen-bond acceptors (Lipinski definition) is 4. The van der Waals surface area contributed by atoms with E-state index in [0.29, 0.717) is 11.1 Å². The molecule has 1 atom stereocenters. The molecule has 0 amide bonds. The van der Waals surface area contributed by atoms with Gasteiger partial charge in [-0.05, 0) is 57.8 Å². The van der Waals surface area contributed by atoms with Gasteiger partial charge in [0.1, 0.15) is 11.5 Å². The van der Waals surface area contributed by atoms with Crippen LogP contribution in [0, 0.1) is 0 Å². The maximum Gasteiger partial charge on any atom is 0.491 e. The number of esters is 2. The number of carbonyl (C=O) groups is 2. The van der Waals surface area contributed by atoms with E-state index in [2.05, 4.69) is 17.9 Å². The van der Waals surface area contributed by atoms with Gasteiger partial charge >= 0.3 is 24.3 Å². The Morgan fingerprint density at radius 1 is 0.833 bits per heavy atom. The molecule has 3 aromatic carbocycles. The third kappa shape index (κ3) is 6.53. The smallest absolute Gasteiger partial charge is 0.426 e. The van der Waals surface area contributed by atoms with E-state index in [-0.39, 0.29) is 22.1 Å². The molecule has 3 rings (SSSR count). The lowest BCUT2D eigenvalue weighted by molar-refractivity contribution is -0.189. The summed E-state index contributed by atoms with van der Waals surface area (Å²) in [6.07, 6.45) is -8.91. The molecule has 36 heavy (non-hydrogen) atoms. The Balaban J connectivity index is 2.13. The van der Waals surface area contributed by atoms with E-state index in [0.717, 1.165) is 12.1 Å². The maximum absolute atomic E-state index is 13.5. The molecule has 0 N–H and O–H groups in total. The number of rotatable bonds is 7. The van der Waals surface area contributed by atoms with Gasteiger partial charge in [-0.2, -0.15) is 26.3 Å². The van der Waals surface area contributed by atoms with Crippen LogP contribution in [-0.2, 0) is 9.59 Å². The molecule has 3 aromatic rings. The van der Waals surface area contributed by atoms with Crippen LogP contribution in [0.5, 0.6) is 11.5 Å². The molecular weight excluding hydrogens is 490 g/mol. The van der Waals surface area contributed by atoms with Gasteiger partial charge in [-0.3, -0.25) is 4.79 Å². The number of fused-ring (bicyclic) bond motifs is 1. The average molecular weight is 508 g/mol. The van der Waals surface area contributed by atoms with Crippen LogP contribution in [-0.4, -0.2) is 24.3 Å². The molecule has 0 aromatic heterocycles. The second-order valence-corrected chi connectivity index (χ2v) is 7.65. The van der Waals surface area contributed by atoms with E-state index >= 15 is 0 Å². The molecule has 0 saturated carbocycles. The summed E-state index contributed by atoms with van der Waals surface area (Å²) in [4.78, 5) is 24.3. The first-order valence-electron chi connectivity index (χ1n) is 10.3. The molecule has 188 valence electrons. The van der Waals surface area contributed by atoms with Gasteiger partial charge in [0.2, 0.25) is 0 Å². The van der Waals surface area contributed by atoms with Crippen LogP contribution < -0.4 is 9.47 Å². The Hall–Kier alpha value is -4.08. The van der Waals surface area contributed by atoms with Gasteiger partial charge in [-0.1, -0.05) is 49.6 Å². The van der Waals surface area contributed by atoms with E-state index in [9.17, 15) is 35.9 Å². The molecule has 0 fully saturated rings. The maximum atomic E-state index is 13.5. The Bertz CT molecular complexity index is 1320. The molecule has 0 saturated heterocycles. The molecule has 0 aliphatic carbocycles. The van der Waals surface area contributed by atoms with E-state index in [1.807, 2.05) is 0 Å². The van der Waals surface area contributed by atoms with Crippen LogP contribution in [0.3, 0.4) is 0 Å². The molecule has 4 nitrogen and oxygen atoms in total. The second-order valence-electron chi connectivity index (χ2n) is 7.65. The Kier molecular flexibility index (Phi) is 7.57. The van der Waals surface area contributed by atoms with Crippen molar-refractivity contribution in [2.75, 3.05) is 0 Å². The van der Waals surface area contributed by atoms with Crippen molar-refractivity contribution in [2.45, 2.75) is 24.7 Å². The van der Waals surface area contributed by atoms with Crippen LogP contribution in [0.2, 0.25) is 0 Å². The minimum absolute atomic E-state index is 0.0199. The van der Waals surface area contributed by atoms with Crippen LogP contribution in [0.25, 0.3) is 22.9 Å². The summed E-state index contributed by atoms with van der Waals surface area (Å²) >= 11 is 0. The summed E-state index contributed by atoms with van der Waals surface area (Å²) in [6, 6.07) is 12.0. The number of hydrogen-bond donors (Lipinski definition) is 0. The molecule has 0 radical (unpaired) electrons. The predicted molar refractivity (Wildman–Crippen MR) is 121 cm³/mol. The lowest BCUT2D eigenvalue weighted by Crippen LogP contribution is -2.28. The molecule has 0 bridgehead atoms. The average Bonchev–Trinajstić information content (AvgIpc) is 2.80. The molecule has 0 spiro atoms. The fraction of sp³-hybridized carbons (Fsp3) is 0.154. The van der Waals surface area contributed by atoms with Gasteiger partial charge in [-0.15, -0.1) is 0 Å². The summed E-state index contributed by atoms with van der Waals surface area (Å²) in [5.41, 5.74) is 0.726. The zero-order chi connectivity index (χ0) is 26.7. The van der Waals surface area contributed by atoms with Crippen LogP contribution in [0.4, 0.5) is 26.3 Å². The highest BCUT2D eigenvalue weighted by molar-refractivity contribution is 5.94. The summed E-state index contributed by atoms with van der Waals surface area (Å²) < 4.78 is 88.1. The highest BCUT2D eigenvalue weighted by atomic mass is 19.4. The van der Waals surface area contributed by atoms with Gasteiger partial charge in [-0.25, -0.2) is 4.79 Å². The van der Waals surface area contributed by atoms with Gasteiger partial charge in [0.05, 0.1) is 12.3 Å². The highest BCUT2D eigenvalue weighted by Gasteiger charge is 2.42. The quantitative estimate of drug-likeness (QED) is 0.192. The van der Waals surface area contributed by atoms with Crippen molar-refractivity contribution in [3.63, 3.8) is 0 Å².